The van der Waals surface area contributed by atoms with Crippen molar-refractivity contribution in [1.82, 2.24) is 10.3 Å². The van der Waals surface area contributed by atoms with Gasteiger partial charge in [0.05, 0.1) is 5.52 Å². The molecule has 1 N–H and O–H groups in total. The average Bonchev–Trinajstić information content (AvgIpc) is 2.52. The van der Waals surface area contributed by atoms with Crippen molar-refractivity contribution in [2.24, 2.45) is 0 Å². The van der Waals surface area contributed by atoms with Crippen molar-refractivity contribution >= 4 is 28.5 Å². The highest BCUT2D eigenvalue weighted by atomic mass is 32.2. The molecular formula is C17H25N3S. The van der Waals surface area contributed by atoms with E-state index in [9.17, 15) is 0 Å². The highest BCUT2D eigenvalue weighted by Crippen LogP contribution is 2.22. The minimum Gasteiger partial charge on any atom is -0.359 e. The highest BCUT2D eigenvalue weighted by molar-refractivity contribution is 7.98. The van der Waals surface area contributed by atoms with Crippen LogP contribution in [-0.2, 0) is 6.54 Å². The van der Waals surface area contributed by atoms with Crippen molar-refractivity contribution in [3.8, 4) is 0 Å². The van der Waals surface area contributed by atoms with Crippen molar-refractivity contribution in [2.45, 2.75) is 19.9 Å². The van der Waals surface area contributed by atoms with Crippen LogP contribution in [0, 0.1) is 0 Å². The fourth-order valence-electron chi connectivity index (χ4n) is 2.32. The molecule has 0 radical (unpaired) electrons. The lowest BCUT2D eigenvalue weighted by Gasteiger charge is -2.19. The van der Waals surface area contributed by atoms with Crippen LogP contribution in [0.4, 0.5) is 5.82 Å². The van der Waals surface area contributed by atoms with E-state index in [2.05, 4.69) is 60.8 Å². The molecule has 0 atom stereocenters. The molecule has 0 aliphatic heterocycles. The van der Waals surface area contributed by atoms with Crippen molar-refractivity contribution in [3.05, 3.63) is 35.9 Å². The molecular weight excluding hydrogens is 278 g/mol. The molecule has 1 aromatic carbocycles. The standard InChI is InChI=1S/C17H25N3S/c1-4-9-18-13-14-12-17(20(2)10-11-21-3)19-16-8-6-5-7-15(14)16/h5-8,12,18H,4,9-11,13H2,1-3H3. The van der Waals surface area contributed by atoms with Crippen LogP contribution in [0.15, 0.2) is 30.3 Å². The van der Waals surface area contributed by atoms with E-state index >= 15 is 0 Å². The van der Waals surface area contributed by atoms with Gasteiger partial charge in [-0.1, -0.05) is 25.1 Å². The Morgan fingerprint density at radius 2 is 2.10 bits per heavy atom. The van der Waals surface area contributed by atoms with Gasteiger partial charge in [-0.2, -0.15) is 11.8 Å². The number of thioether (sulfide) groups is 1. The van der Waals surface area contributed by atoms with Crippen LogP contribution in [0.3, 0.4) is 0 Å². The third-order valence-corrected chi connectivity index (χ3v) is 4.14. The first-order valence-electron chi connectivity index (χ1n) is 7.55. The van der Waals surface area contributed by atoms with E-state index in [0.29, 0.717) is 0 Å². The summed E-state index contributed by atoms with van der Waals surface area (Å²) >= 11 is 1.87. The van der Waals surface area contributed by atoms with E-state index in [0.717, 1.165) is 43.1 Å². The Balaban J connectivity index is 2.29. The van der Waals surface area contributed by atoms with Crippen LogP contribution < -0.4 is 10.2 Å². The number of aromatic nitrogens is 1. The van der Waals surface area contributed by atoms with E-state index < -0.39 is 0 Å². The SMILES string of the molecule is CCCNCc1cc(N(C)CCSC)nc2ccccc12. The molecule has 0 unspecified atom stereocenters. The molecule has 1 heterocycles. The summed E-state index contributed by atoms with van der Waals surface area (Å²) < 4.78 is 0. The van der Waals surface area contributed by atoms with Crippen LogP contribution in [0.2, 0.25) is 0 Å². The normalized spacial score (nSPS) is 11.0. The molecule has 114 valence electrons. The zero-order valence-electron chi connectivity index (χ0n) is 13.2. The largest absolute Gasteiger partial charge is 0.359 e. The Labute approximate surface area is 132 Å². The maximum absolute atomic E-state index is 4.81. The van der Waals surface area contributed by atoms with E-state index in [1.54, 1.807) is 0 Å². The second-order valence-electron chi connectivity index (χ2n) is 5.25. The topological polar surface area (TPSA) is 28.2 Å². The quantitative estimate of drug-likeness (QED) is 0.755. The van der Waals surface area contributed by atoms with Crippen molar-refractivity contribution in [3.63, 3.8) is 0 Å². The number of anilines is 1. The number of nitrogens with zero attached hydrogens (tertiary/aromatic N) is 2. The first-order valence-corrected chi connectivity index (χ1v) is 8.95. The third kappa shape index (κ3) is 4.35. The fraction of sp³-hybridized carbons (Fsp3) is 0.471. The second kappa shape index (κ2) is 8.25. The number of rotatable bonds is 8. The zero-order valence-corrected chi connectivity index (χ0v) is 14.0. The first-order chi connectivity index (χ1) is 10.3. The molecule has 0 saturated heterocycles. The number of fused-ring (bicyclic) bond motifs is 1. The molecule has 0 amide bonds. The molecule has 4 heteroatoms. The lowest BCUT2D eigenvalue weighted by atomic mass is 10.1. The average molecular weight is 303 g/mol. The lowest BCUT2D eigenvalue weighted by molar-refractivity contribution is 0.677. The Morgan fingerprint density at radius 3 is 2.86 bits per heavy atom. The van der Waals surface area contributed by atoms with Gasteiger partial charge < -0.3 is 10.2 Å². The number of hydrogen-bond acceptors (Lipinski definition) is 4. The van der Waals surface area contributed by atoms with E-state index in [1.807, 2.05) is 11.8 Å². The highest BCUT2D eigenvalue weighted by Gasteiger charge is 2.08. The molecule has 2 aromatic rings. The van der Waals surface area contributed by atoms with E-state index in [-0.39, 0.29) is 0 Å². The molecule has 0 fully saturated rings. The summed E-state index contributed by atoms with van der Waals surface area (Å²) in [6.45, 7) is 5.17. The summed E-state index contributed by atoms with van der Waals surface area (Å²) in [6, 6.07) is 10.6. The molecule has 0 saturated carbocycles. The van der Waals surface area contributed by atoms with Gasteiger partial charge in [0.15, 0.2) is 0 Å². The molecule has 0 spiro atoms. The van der Waals surface area contributed by atoms with Gasteiger partial charge in [0.2, 0.25) is 0 Å². The molecule has 0 bridgehead atoms. The van der Waals surface area contributed by atoms with Crippen LogP contribution in [-0.4, -0.2) is 37.1 Å². The summed E-state index contributed by atoms with van der Waals surface area (Å²) in [5, 5.41) is 4.76. The van der Waals surface area contributed by atoms with E-state index in [4.69, 9.17) is 4.98 Å². The number of pyridine rings is 1. The minimum absolute atomic E-state index is 0.903. The molecule has 0 aliphatic rings. The summed E-state index contributed by atoms with van der Waals surface area (Å²) in [4.78, 5) is 7.05. The van der Waals surface area contributed by atoms with Crippen LogP contribution in [0.1, 0.15) is 18.9 Å². The van der Waals surface area contributed by atoms with Gasteiger partial charge in [-0.15, -0.1) is 0 Å². The van der Waals surface area contributed by atoms with Crippen molar-refractivity contribution in [2.75, 3.05) is 37.0 Å². The predicted molar refractivity (Wildman–Crippen MR) is 95.4 cm³/mol. The summed E-state index contributed by atoms with van der Waals surface area (Å²) in [7, 11) is 2.12. The van der Waals surface area contributed by atoms with E-state index in [1.165, 1.54) is 10.9 Å². The number of para-hydroxylation sites is 1. The van der Waals surface area contributed by atoms with Crippen LogP contribution in [0.5, 0.6) is 0 Å². The van der Waals surface area contributed by atoms with Crippen molar-refractivity contribution < 1.29 is 0 Å². The summed E-state index contributed by atoms with van der Waals surface area (Å²) in [6.07, 6.45) is 3.30. The number of hydrogen-bond donors (Lipinski definition) is 1. The van der Waals surface area contributed by atoms with Gasteiger partial charge in [-0.3, -0.25) is 0 Å². The second-order valence-corrected chi connectivity index (χ2v) is 6.23. The molecule has 2 rings (SSSR count). The van der Waals surface area contributed by atoms with Gasteiger partial charge in [0, 0.05) is 31.3 Å². The smallest absolute Gasteiger partial charge is 0.129 e. The molecule has 3 nitrogen and oxygen atoms in total. The van der Waals surface area contributed by atoms with Gasteiger partial charge >= 0.3 is 0 Å². The van der Waals surface area contributed by atoms with Crippen molar-refractivity contribution in [1.29, 1.82) is 0 Å². The van der Waals surface area contributed by atoms with Gasteiger partial charge in [-0.25, -0.2) is 4.98 Å². The Bertz CT molecular complexity index is 571. The molecule has 21 heavy (non-hydrogen) atoms. The Kier molecular flexibility index (Phi) is 6.33. The fourth-order valence-corrected chi connectivity index (χ4v) is 2.77. The third-order valence-electron chi connectivity index (χ3n) is 3.55. The zero-order chi connectivity index (χ0) is 15.1. The Morgan fingerprint density at radius 1 is 1.29 bits per heavy atom. The predicted octanol–water partition coefficient (Wildman–Crippen LogP) is 3.53. The Hall–Kier alpha value is -1.26. The maximum Gasteiger partial charge on any atom is 0.129 e. The number of nitrogens with one attached hydrogen (secondary N) is 1. The number of benzene rings is 1. The van der Waals surface area contributed by atoms with Gasteiger partial charge in [-0.05, 0) is 36.9 Å². The monoisotopic (exact) mass is 303 g/mol. The first kappa shape index (κ1) is 16.1. The van der Waals surface area contributed by atoms with Crippen LogP contribution >= 0.6 is 11.8 Å². The summed E-state index contributed by atoms with van der Waals surface area (Å²) in [5.74, 6) is 2.19. The maximum atomic E-state index is 4.81. The minimum atomic E-state index is 0.903. The molecule has 1 aromatic heterocycles. The van der Waals surface area contributed by atoms with Crippen LogP contribution in [0.25, 0.3) is 10.9 Å². The van der Waals surface area contributed by atoms with Gasteiger partial charge in [0.1, 0.15) is 5.82 Å². The summed E-state index contributed by atoms with van der Waals surface area (Å²) in [5.41, 5.74) is 2.42. The van der Waals surface area contributed by atoms with Gasteiger partial charge in [0.25, 0.3) is 0 Å². The molecule has 0 aliphatic carbocycles. The lowest BCUT2D eigenvalue weighted by Crippen LogP contribution is -2.22.